The van der Waals surface area contributed by atoms with E-state index in [4.69, 9.17) is 4.74 Å². The molecule has 9 nitrogen and oxygen atoms in total. The largest absolute Gasteiger partial charge is 0.494 e. The minimum atomic E-state index is -3.74. The van der Waals surface area contributed by atoms with Crippen LogP contribution < -0.4 is 20.3 Å². The van der Waals surface area contributed by atoms with E-state index in [1.165, 1.54) is 12.1 Å². The second-order valence-corrected chi connectivity index (χ2v) is 7.97. The lowest BCUT2D eigenvalue weighted by Crippen LogP contribution is -2.42. The van der Waals surface area contributed by atoms with Crippen LogP contribution in [0.2, 0.25) is 0 Å². The van der Waals surface area contributed by atoms with E-state index in [0.29, 0.717) is 16.8 Å². The van der Waals surface area contributed by atoms with Crippen molar-refractivity contribution in [2.45, 2.75) is 18.2 Å². The highest BCUT2D eigenvalue weighted by Gasteiger charge is 2.15. The van der Waals surface area contributed by atoms with Gasteiger partial charge in [-0.25, -0.2) is 13.1 Å². The molecule has 0 aliphatic rings. The van der Waals surface area contributed by atoms with E-state index in [1.54, 1.807) is 24.4 Å². The average molecular weight is 459 g/mol. The summed E-state index contributed by atoms with van der Waals surface area (Å²) in [7, 11) is -3.74. The van der Waals surface area contributed by atoms with E-state index in [-0.39, 0.29) is 23.6 Å². The molecule has 0 atom stereocenters. The van der Waals surface area contributed by atoms with Crippen LogP contribution >= 0.6 is 15.9 Å². The number of sulfonamides is 1. The number of aromatic amines is 1. The molecule has 0 radical (unpaired) electrons. The molecule has 1 aromatic heterocycles. The van der Waals surface area contributed by atoms with Crippen LogP contribution in [-0.4, -0.2) is 38.4 Å². The number of hydrazine groups is 1. The monoisotopic (exact) mass is 458 g/mol. The summed E-state index contributed by atoms with van der Waals surface area (Å²) in [6.45, 7) is 2.19. The van der Waals surface area contributed by atoms with Crippen LogP contribution in [0.25, 0.3) is 0 Å². The maximum atomic E-state index is 12.2. The van der Waals surface area contributed by atoms with Gasteiger partial charge in [0.15, 0.2) is 0 Å². The SMILES string of the molecule is CCOc1ccc(S(=O)(=O)NCCC(=O)NNC(=O)c2cc(Br)c[nH]2)cc1. The number of rotatable bonds is 8. The third-order valence-corrected chi connectivity index (χ3v) is 5.23. The third-order valence-electron chi connectivity index (χ3n) is 3.30. The van der Waals surface area contributed by atoms with Gasteiger partial charge in [-0.1, -0.05) is 0 Å². The first-order valence-electron chi connectivity index (χ1n) is 7.97. The van der Waals surface area contributed by atoms with E-state index >= 15 is 0 Å². The molecule has 0 aliphatic carbocycles. The summed E-state index contributed by atoms with van der Waals surface area (Å²) in [5, 5.41) is 0. The Morgan fingerprint density at radius 2 is 1.89 bits per heavy atom. The quantitative estimate of drug-likeness (QED) is 0.443. The molecule has 0 spiro atoms. The van der Waals surface area contributed by atoms with Gasteiger partial charge in [-0.05, 0) is 53.2 Å². The van der Waals surface area contributed by atoms with Crippen LogP contribution in [0.4, 0.5) is 0 Å². The molecule has 0 saturated heterocycles. The van der Waals surface area contributed by atoms with Crippen LogP contribution in [-0.2, 0) is 14.8 Å². The summed E-state index contributed by atoms with van der Waals surface area (Å²) in [5.74, 6) is -0.493. The number of hydrogen-bond acceptors (Lipinski definition) is 5. The van der Waals surface area contributed by atoms with Crippen molar-refractivity contribution in [1.29, 1.82) is 0 Å². The van der Waals surface area contributed by atoms with Gasteiger partial charge in [-0.15, -0.1) is 0 Å². The van der Waals surface area contributed by atoms with Gasteiger partial charge in [-0.3, -0.25) is 20.4 Å². The van der Waals surface area contributed by atoms with Crippen molar-refractivity contribution in [3.8, 4) is 5.75 Å². The van der Waals surface area contributed by atoms with E-state index in [2.05, 4.69) is 36.5 Å². The normalized spacial score (nSPS) is 11.0. The second-order valence-electron chi connectivity index (χ2n) is 5.29. The van der Waals surface area contributed by atoms with Gasteiger partial charge in [0.05, 0.1) is 11.5 Å². The standard InChI is InChI=1S/C16H19BrN4O5S/c1-2-26-12-3-5-13(6-4-12)27(24,25)19-8-7-15(22)20-21-16(23)14-9-11(17)10-18-14/h3-6,9-10,18-19H,2,7-8H2,1H3,(H,20,22)(H,21,23). The number of carbonyl (C=O) groups is 2. The molecular weight excluding hydrogens is 440 g/mol. The van der Waals surface area contributed by atoms with Crippen LogP contribution in [0.1, 0.15) is 23.8 Å². The van der Waals surface area contributed by atoms with Gasteiger partial charge in [0.25, 0.3) is 5.91 Å². The number of nitrogens with one attached hydrogen (secondary N) is 4. The smallest absolute Gasteiger partial charge is 0.286 e. The number of amides is 2. The highest BCUT2D eigenvalue weighted by Crippen LogP contribution is 2.15. The zero-order valence-electron chi connectivity index (χ0n) is 14.4. The molecule has 27 heavy (non-hydrogen) atoms. The fraction of sp³-hybridized carbons (Fsp3) is 0.250. The van der Waals surface area contributed by atoms with Gasteiger partial charge in [0.2, 0.25) is 15.9 Å². The van der Waals surface area contributed by atoms with Gasteiger partial charge in [0.1, 0.15) is 11.4 Å². The molecule has 2 aromatic rings. The summed E-state index contributed by atoms with van der Waals surface area (Å²) < 4.78 is 32.6. The molecule has 11 heteroatoms. The molecular formula is C16H19BrN4O5S. The van der Waals surface area contributed by atoms with Crippen LogP contribution in [0, 0.1) is 0 Å². The fourth-order valence-electron chi connectivity index (χ4n) is 2.02. The fourth-order valence-corrected chi connectivity index (χ4v) is 3.39. The zero-order chi connectivity index (χ0) is 19.9. The van der Waals surface area contributed by atoms with Crippen molar-refractivity contribution in [1.82, 2.24) is 20.6 Å². The topological polar surface area (TPSA) is 129 Å². The molecule has 0 unspecified atom stereocenters. The predicted molar refractivity (Wildman–Crippen MR) is 102 cm³/mol. The van der Waals surface area contributed by atoms with Gasteiger partial charge in [0, 0.05) is 23.6 Å². The highest BCUT2D eigenvalue weighted by atomic mass is 79.9. The Hall–Kier alpha value is -2.37. The van der Waals surface area contributed by atoms with Gasteiger partial charge < -0.3 is 9.72 Å². The number of hydrogen-bond donors (Lipinski definition) is 4. The lowest BCUT2D eigenvalue weighted by Gasteiger charge is -2.09. The van der Waals surface area contributed by atoms with Crippen LogP contribution in [0.15, 0.2) is 45.9 Å². The van der Waals surface area contributed by atoms with Crippen LogP contribution in [0.5, 0.6) is 5.75 Å². The lowest BCUT2D eigenvalue weighted by atomic mass is 10.3. The Bertz CT molecular complexity index is 896. The number of halogens is 1. The highest BCUT2D eigenvalue weighted by molar-refractivity contribution is 9.10. The Morgan fingerprint density at radius 3 is 2.48 bits per heavy atom. The molecule has 1 aromatic carbocycles. The summed E-state index contributed by atoms with van der Waals surface area (Å²) in [6, 6.07) is 7.50. The first kappa shape index (κ1) is 20.9. The molecule has 0 fully saturated rings. The van der Waals surface area contributed by atoms with E-state index in [1.807, 2.05) is 6.92 Å². The van der Waals surface area contributed by atoms with Crippen molar-refractivity contribution in [3.63, 3.8) is 0 Å². The summed E-state index contributed by atoms with van der Waals surface area (Å²) in [4.78, 5) is 26.3. The van der Waals surface area contributed by atoms with Crippen molar-refractivity contribution in [2.75, 3.05) is 13.2 Å². The van der Waals surface area contributed by atoms with Gasteiger partial charge in [-0.2, -0.15) is 0 Å². The van der Waals surface area contributed by atoms with Crippen molar-refractivity contribution < 1.29 is 22.7 Å². The summed E-state index contributed by atoms with van der Waals surface area (Å²) in [5.41, 5.74) is 4.70. The maximum absolute atomic E-state index is 12.2. The summed E-state index contributed by atoms with van der Waals surface area (Å²) in [6.07, 6.45) is 1.43. The molecule has 0 saturated carbocycles. The van der Waals surface area contributed by atoms with Crippen molar-refractivity contribution in [3.05, 3.63) is 46.7 Å². The molecule has 146 valence electrons. The first-order valence-corrected chi connectivity index (χ1v) is 10.2. The van der Waals surface area contributed by atoms with Crippen molar-refractivity contribution in [2.24, 2.45) is 0 Å². The zero-order valence-corrected chi connectivity index (χ0v) is 16.8. The molecule has 2 rings (SSSR count). The number of aromatic nitrogens is 1. The van der Waals surface area contributed by atoms with Gasteiger partial charge >= 0.3 is 0 Å². The molecule has 0 bridgehead atoms. The van der Waals surface area contributed by atoms with Crippen molar-refractivity contribution >= 4 is 37.8 Å². The van der Waals surface area contributed by atoms with Crippen LogP contribution in [0.3, 0.4) is 0 Å². The van der Waals surface area contributed by atoms with E-state index in [9.17, 15) is 18.0 Å². The number of ether oxygens (including phenoxy) is 1. The second kappa shape index (κ2) is 9.53. The van der Waals surface area contributed by atoms with E-state index < -0.39 is 21.8 Å². The Balaban J connectivity index is 1.77. The molecule has 0 aliphatic heterocycles. The lowest BCUT2D eigenvalue weighted by molar-refractivity contribution is -0.121. The third kappa shape index (κ3) is 6.38. The Labute approximate surface area is 165 Å². The minimum Gasteiger partial charge on any atom is -0.494 e. The van der Waals surface area contributed by atoms with E-state index in [0.717, 1.165) is 0 Å². The maximum Gasteiger partial charge on any atom is 0.286 e. The number of benzene rings is 1. The average Bonchev–Trinajstić information content (AvgIpc) is 3.07. The molecule has 2 amide bonds. The predicted octanol–water partition coefficient (Wildman–Crippen LogP) is 1.31. The Kier molecular flexibility index (Phi) is 7.39. The number of H-pyrrole nitrogens is 1. The Morgan fingerprint density at radius 1 is 1.19 bits per heavy atom. The number of carbonyl (C=O) groups excluding carboxylic acids is 2. The summed E-state index contributed by atoms with van der Waals surface area (Å²) >= 11 is 3.19. The molecule has 1 heterocycles. The first-order chi connectivity index (χ1) is 12.8. The minimum absolute atomic E-state index is 0.0667. The molecule has 4 N–H and O–H groups in total.